The van der Waals surface area contributed by atoms with Gasteiger partial charge in [-0.3, -0.25) is 0 Å². The summed E-state index contributed by atoms with van der Waals surface area (Å²) in [6, 6.07) is 9.21. The molecule has 0 fully saturated rings. The Hall–Kier alpha value is 0.01000. The zero-order valence-electron chi connectivity index (χ0n) is 11.6. The van der Waals surface area contributed by atoms with Crippen molar-refractivity contribution in [1.82, 2.24) is 5.32 Å². The third kappa shape index (κ3) is 6.81. The number of thioether (sulfide) groups is 1. The van der Waals surface area contributed by atoms with Gasteiger partial charge in [-0.15, -0.1) is 11.8 Å². The first-order valence-electron chi connectivity index (χ1n) is 6.73. The van der Waals surface area contributed by atoms with Crippen molar-refractivity contribution in [3.63, 3.8) is 0 Å². The normalized spacial score (nSPS) is 12.9. The second kappa shape index (κ2) is 9.00. The summed E-state index contributed by atoms with van der Waals surface area (Å²) in [6.45, 7) is 7.84. The van der Waals surface area contributed by atoms with Crippen LogP contribution in [-0.4, -0.2) is 18.3 Å². The van der Waals surface area contributed by atoms with Crippen LogP contribution in [0.15, 0.2) is 33.6 Å². The quantitative estimate of drug-likeness (QED) is 0.677. The van der Waals surface area contributed by atoms with Crippen LogP contribution in [0.4, 0.5) is 0 Å². The highest BCUT2D eigenvalue weighted by Crippen LogP contribution is 2.22. The third-order valence-corrected chi connectivity index (χ3v) is 4.55. The predicted octanol–water partition coefficient (Wildman–Crippen LogP) is 4.96. The zero-order chi connectivity index (χ0) is 13.4. The monoisotopic (exact) mass is 329 g/mol. The first-order valence-corrected chi connectivity index (χ1v) is 8.51. The fraction of sp³-hybridized carbons (Fsp3) is 0.600. The Labute approximate surface area is 124 Å². The lowest BCUT2D eigenvalue weighted by atomic mass is 10.0. The van der Waals surface area contributed by atoms with E-state index in [9.17, 15) is 0 Å². The molecule has 1 aromatic rings. The average Bonchev–Trinajstić information content (AvgIpc) is 2.34. The van der Waals surface area contributed by atoms with Crippen molar-refractivity contribution in [2.24, 2.45) is 5.92 Å². The Morgan fingerprint density at radius 2 is 1.83 bits per heavy atom. The number of benzene rings is 1. The van der Waals surface area contributed by atoms with Crippen LogP contribution in [0.2, 0.25) is 0 Å². The first kappa shape index (κ1) is 16.1. The average molecular weight is 330 g/mol. The van der Waals surface area contributed by atoms with Gasteiger partial charge < -0.3 is 5.32 Å². The van der Waals surface area contributed by atoms with Crippen molar-refractivity contribution >= 4 is 27.7 Å². The number of rotatable bonds is 8. The molecule has 0 aromatic heterocycles. The molecule has 1 aromatic carbocycles. The van der Waals surface area contributed by atoms with Gasteiger partial charge in [0.05, 0.1) is 0 Å². The molecule has 0 saturated heterocycles. The summed E-state index contributed by atoms with van der Waals surface area (Å²) in [5.41, 5.74) is 0. The fourth-order valence-corrected chi connectivity index (χ4v) is 3.07. The highest BCUT2D eigenvalue weighted by molar-refractivity contribution is 9.10. The number of hydrogen-bond acceptors (Lipinski definition) is 2. The topological polar surface area (TPSA) is 12.0 Å². The molecule has 0 heterocycles. The summed E-state index contributed by atoms with van der Waals surface area (Å²) in [7, 11) is 0. The summed E-state index contributed by atoms with van der Waals surface area (Å²) in [5.74, 6) is 1.95. The lowest BCUT2D eigenvalue weighted by Crippen LogP contribution is -2.31. The molecule has 0 aliphatic carbocycles. The molecule has 0 amide bonds. The predicted molar refractivity (Wildman–Crippen MR) is 86.4 cm³/mol. The van der Waals surface area contributed by atoms with E-state index in [0.29, 0.717) is 6.04 Å². The van der Waals surface area contributed by atoms with E-state index in [1.165, 1.54) is 17.7 Å². The second-order valence-electron chi connectivity index (χ2n) is 4.99. The van der Waals surface area contributed by atoms with Crippen LogP contribution >= 0.6 is 27.7 Å². The zero-order valence-corrected chi connectivity index (χ0v) is 14.0. The van der Waals surface area contributed by atoms with Crippen molar-refractivity contribution in [2.75, 3.05) is 12.3 Å². The molecule has 0 saturated carbocycles. The number of nitrogens with one attached hydrogen (secondary N) is 1. The van der Waals surface area contributed by atoms with Gasteiger partial charge >= 0.3 is 0 Å². The molecular weight excluding hydrogens is 306 g/mol. The Bertz CT molecular complexity index is 324. The first-order chi connectivity index (χ1) is 8.61. The molecule has 0 bridgehead atoms. The molecule has 18 heavy (non-hydrogen) atoms. The van der Waals surface area contributed by atoms with Gasteiger partial charge in [-0.1, -0.05) is 36.7 Å². The van der Waals surface area contributed by atoms with Crippen molar-refractivity contribution in [2.45, 2.75) is 44.6 Å². The second-order valence-corrected chi connectivity index (χ2v) is 7.00. The van der Waals surface area contributed by atoms with Crippen molar-refractivity contribution < 1.29 is 0 Å². The summed E-state index contributed by atoms with van der Waals surface area (Å²) < 4.78 is 1.15. The maximum Gasteiger partial charge on any atom is 0.0176 e. The molecule has 1 rings (SSSR count). The smallest absolute Gasteiger partial charge is 0.0176 e. The molecule has 3 heteroatoms. The van der Waals surface area contributed by atoms with E-state index in [-0.39, 0.29) is 0 Å². The largest absolute Gasteiger partial charge is 0.313 e. The Morgan fingerprint density at radius 3 is 2.39 bits per heavy atom. The molecule has 0 aliphatic rings. The van der Waals surface area contributed by atoms with Gasteiger partial charge in [0.15, 0.2) is 0 Å². The van der Waals surface area contributed by atoms with Crippen LogP contribution in [0, 0.1) is 5.92 Å². The third-order valence-electron chi connectivity index (χ3n) is 2.85. The molecule has 0 spiro atoms. The van der Waals surface area contributed by atoms with E-state index < -0.39 is 0 Å². The molecule has 0 radical (unpaired) electrons. The van der Waals surface area contributed by atoms with Crippen molar-refractivity contribution in [3.8, 4) is 0 Å². The molecule has 1 nitrogen and oxygen atoms in total. The highest BCUT2D eigenvalue weighted by atomic mass is 79.9. The number of halogens is 1. The van der Waals surface area contributed by atoms with Crippen LogP contribution in [0.5, 0.6) is 0 Å². The van der Waals surface area contributed by atoms with Gasteiger partial charge in [-0.05, 0) is 49.6 Å². The minimum atomic E-state index is 0.631. The maximum absolute atomic E-state index is 3.59. The minimum Gasteiger partial charge on any atom is -0.313 e. The fourth-order valence-electron chi connectivity index (χ4n) is 1.80. The van der Waals surface area contributed by atoms with Gasteiger partial charge in [0.25, 0.3) is 0 Å². The van der Waals surface area contributed by atoms with Crippen LogP contribution in [0.1, 0.15) is 33.6 Å². The van der Waals surface area contributed by atoms with Gasteiger partial charge in [0, 0.05) is 21.2 Å². The summed E-state index contributed by atoms with van der Waals surface area (Å²) in [4.78, 5) is 1.35. The molecule has 1 atom stereocenters. The Kier molecular flexibility index (Phi) is 8.03. The van der Waals surface area contributed by atoms with Crippen LogP contribution < -0.4 is 5.32 Å². The van der Waals surface area contributed by atoms with E-state index in [2.05, 4.69) is 66.3 Å². The van der Waals surface area contributed by atoms with E-state index >= 15 is 0 Å². The molecule has 0 aliphatic heterocycles. The molecule has 102 valence electrons. The van der Waals surface area contributed by atoms with E-state index in [1.807, 2.05) is 11.8 Å². The van der Waals surface area contributed by atoms with Gasteiger partial charge in [0.2, 0.25) is 0 Å². The van der Waals surface area contributed by atoms with E-state index in [0.717, 1.165) is 22.7 Å². The van der Waals surface area contributed by atoms with E-state index in [4.69, 9.17) is 0 Å². The van der Waals surface area contributed by atoms with Crippen LogP contribution in [0.3, 0.4) is 0 Å². The lowest BCUT2D eigenvalue weighted by molar-refractivity contribution is 0.464. The molecule has 1 unspecified atom stereocenters. The number of hydrogen-bond donors (Lipinski definition) is 1. The maximum atomic E-state index is 3.59. The van der Waals surface area contributed by atoms with Gasteiger partial charge in [0.1, 0.15) is 0 Å². The molecule has 1 N–H and O–H groups in total. The van der Waals surface area contributed by atoms with E-state index in [1.54, 1.807) is 0 Å². The van der Waals surface area contributed by atoms with Crippen molar-refractivity contribution in [1.29, 1.82) is 0 Å². The summed E-state index contributed by atoms with van der Waals surface area (Å²) in [5, 5.41) is 3.59. The summed E-state index contributed by atoms with van der Waals surface area (Å²) in [6.07, 6.45) is 2.58. The van der Waals surface area contributed by atoms with Crippen LogP contribution in [-0.2, 0) is 0 Å². The van der Waals surface area contributed by atoms with Crippen LogP contribution in [0.25, 0.3) is 0 Å². The standard InChI is InChI=1S/C15H24BrNS/c1-4-17-14(8-5-12(2)3)11-18-15-9-6-13(16)7-10-15/h6-7,9-10,12,14,17H,4-5,8,11H2,1-3H3. The van der Waals surface area contributed by atoms with Gasteiger partial charge in [-0.25, -0.2) is 0 Å². The summed E-state index contributed by atoms with van der Waals surface area (Å²) >= 11 is 5.42. The Morgan fingerprint density at radius 1 is 1.17 bits per heavy atom. The van der Waals surface area contributed by atoms with Crippen molar-refractivity contribution in [3.05, 3.63) is 28.7 Å². The molecular formula is C15H24BrNS. The van der Waals surface area contributed by atoms with Gasteiger partial charge in [-0.2, -0.15) is 0 Å². The highest BCUT2D eigenvalue weighted by Gasteiger charge is 2.09. The lowest BCUT2D eigenvalue weighted by Gasteiger charge is -2.18. The SMILES string of the molecule is CCNC(CCC(C)C)CSc1ccc(Br)cc1. The Balaban J connectivity index is 2.38. The minimum absolute atomic E-state index is 0.631.